The number of aromatic nitrogens is 4. The van der Waals surface area contributed by atoms with Gasteiger partial charge in [0.05, 0.1) is 11.1 Å². The number of halogens is 1. The highest BCUT2D eigenvalue weighted by atomic mass is 35.5. The Morgan fingerprint density at radius 2 is 1.47 bits per heavy atom. The molecule has 2 aromatic carbocycles. The standard InChI is InChI=1S/C22H21ClN4O3/c1-12-18(21(28)26-24-12)20(19-13(2)25-27-22(19)29)15-6-8-17(9-7-15)30-11-14-4-3-5-16(23)10-14/h3-10,20H,11H2,1-2H3,(H2,24,26,28)(H2,25,27,29). The maximum Gasteiger partial charge on any atom is 0.268 e. The van der Waals surface area contributed by atoms with Crippen molar-refractivity contribution >= 4 is 11.6 Å². The predicted molar refractivity (Wildman–Crippen MR) is 115 cm³/mol. The molecule has 4 aromatic rings. The number of hydrogen-bond acceptors (Lipinski definition) is 3. The zero-order valence-electron chi connectivity index (χ0n) is 16.5. The van der Waals surface area contributed by atoms with Crippen LogP contribution in [0.3, 0.4) is 0 Å². The van der Waals surface area contributed by atoms with Crippen molar-refractivity contribution in [2.24, 2.45) is 0 Å². The molecular weight excluding hydrogens is 404 g/mol. The lowest BCUT2D eigenvalue weighted by molar-refractivity contribution is 0.306. The molecule has 7 nitrogen and oxygen atoms in total. The Morgan fingerprint density at radius 1 is 0.867 bits per heavy atom. The second-order valence-corrected chi connectivity index (χ2v) is 7.59. The van der Waals surface area contributed by atoms with Crippen LogP contribution in [0.15, 0.2) is 58.1 Å². The average molecular weight is 425 g/mol. The van der Waals surface area contributed by atoms with E-state index >= 15 is 0 Å². The molecule has 154 valence electrons. The van der Waals surface area contributed by atoms with Gasteiger partial charge < -0.3 is 14.9 Å². The van der Waals surface area contributed by atoms with Crippen molar-refractivity contribution in [2.45, 2.75) is 26.4 Å². The van der Waals surface area contributed by atoms with Gasteiger partial charge in [-0.1, -0.05) is 35.9 Å². The minimum atomic E-state index is -0.517. The van der Waals surface area contributed by atoms with Gasteiger partial charge in [-0.3, -0.25) is 19.8 Å². The number of rotatable bonds is 6. The van der Waals surface area contributed by atoms with E-state index in [0.717, 1.165) is 11.1 Å². The third-order valence-corrected chi connectivity index (χ3v) is 5.34. The lowest BCUT2D eigenvalue weighted by Gasteiger charge is -2.16. The molecular formula is C22H21ClN4O3. The molecule has 0 aliphatic heterocycles. The van der Waals surface area contributed by atoms with Gasteiger partial charge in [0.25, 0.3) is 11.1 Å². The summed E-state index contributed by atoms with van der Waals surface area (Å²) < 4.78 is 5.85. The molecule has 4 N–H and O–H groups in total. The van der Waals surface area contributed by atoms with Crippen molar-refractivity contribution in [3.05, 3.63) is 108 Å². The lowest BCUT2D eigenvalue weighted by Crippen LogP contribution is -2.20. The largest absolute Gasteiger partial charge is 0.489 e. The minimum absolute atomic E-state index is 0.251. The van der Waals surface area contributed by atoms with Crippen molar-refractivity contribution in [1.29, 1.82) is 0 Å². The van der Waals surface area contributed by atoms with E-state index in [4.69, 9.17) is 16.3 Å². The minimum Gasteiger partial charge on any atom is -0.489 e. The van der Waals surface area contributed by atoms with Gasteiger partial charge in [-0.25, -0.2) is 0 Å². The molecule has 0 spiro atoms. The van der Waals surface area contributed by atoms with Gasteiger partial charge in [0.2, 0.25) is 0 Å². The quantitative estimate of drug-likeness (QED) is 0.378. The summed E-state index contributed by atoms with van der Waals surface area (Å²) in [4.78, 5) is 25.0. The summed E-state index contributed by atoms with van der Waals surface area (Å²) in [5.41, 5.74) is 3.67. The first-order valence-electron chi connectivity index (χ1n) is 9.45. The van der Waals surface area contributed by atoms with Crippen molar-refractivity contribution in [1.82, 2.24) is 20.4 Å². The first-order valence-corrected chi connectivity index (χ1v) is 9.83. The van der Waals surface area contributed by atoms with Gasteiger partial charge >= 0.3 is 0 Å². The van der Waals surface area contributed by atoms with E-state index in [0.29, 0.717) is 39.9 Å². The molecule has 2 heterocycles. The number of ether oxygens (including phenoxy) is 1. The fourth-order valence-corrected chi connectivity index (χ4v) is 3.85. The van der Waals surface area contributed by atoms with Crippen LogP contribution in [0, 0.1) is 13.8 Å². The highest BCUT2D eigenvalue weighted by Crippen LogP contribution is 2.32. The summed E-state index contributed by atoms with van der Waals surface area (Å²) >= 11 is 6.01. The third kappa shape index (κ3) is 3.84. The molecule has 0 aliphatic rings. The van der Waals surface area contributed by atoms with Gasteiger partial charge in [-0.2, -0.15) is 0 Å². The number of benzene rings is 2. The number of aryl methyl sites for hydroxylation is 2. The van der Waals surface area contributed by atoms with Crippen molar-refractivity contribution in [3.8, 4) is 5.75 Å². The maximum atomic E-state index is 12.5. The van der Waals surface area contributed by atoms with Crippen LogP contribution in [0.25, 0.3) is 0 Å². The first-order chi connectivity index (χ1) is 14.4. The molecule has 8 heteroatoms. The van der Waals surface area contributed by atoms with Crippen LogP contribution in [0.2, 0.25) is 5.02 Å². The Kier molecular flexibility index (Phi) is 5.37. The van der Waals surface area contributed by atoms with Gasteiger partial charge in [-0.15, -0.1) is 0 Å². The topological polar surface area (TPSA) is 107 Å². The summed E-state index contributed by atoms with van der Waals surface area (Å²) in [7, 11) is 0. The summed E-state index contributed by atoms with van der Waals surface area (Å²) in [5, 5.41) is 11.6. The molecule has 0 saturated heterocycles. The Bertz CT molecular complexity index is 1230. The van der Waals surface area contributed by atoms with E-state index < -0.39 is 5.92 Å². The average Bonchev–Trinajstić information content (AvgIpc) is 3.24. The van der Waals surface area contributed by atoms with Crippen LogP contribution < -0.4 is 15.9 Å². The van der Waals surface area contributed by atoms with E-state index in [1.54, 1.807) is 13.8 Å². The number of aromatic amines is 4. The van der Waals surface area contributed by atoms with E-state index in [-0.39, 0.29) is 11.1 Å². The molecule has 4 rings (SSSR count). The van der Waals surface area contributed by atoms with Crippen molar-refractivity contribution in [3.63, 3.8) is 0 Å². The molecule has 0 fully saturated rings. The van der Waals surface area contributed by atoms with E-state index in [1.165, 1.54) is 0 Å². The number of H-pyrrole nitrogens is 4. The first kappa shape index (κ1) is 19.8. The molecule has 0 unspecified atom stereocenters. The lowest BCUT2D eigenvalue weighted by atomic mass is 9.85. The zero-order valence-corrected chi connectivity index (χ0v) is 17.3. The second-order valence-electron chi connectivity index (χ2n) is 7.16. The molecule has 0 amide bonds. The maximum absolute atomic E-state index is 12.5. The number of nitrogens with one attached hydrogen (secondary N) is 4. The molecule has 0 radical (unpaired) electrons. The second kappa shape index (κ2) is 8.12. The summed E-state index contributed by atoms with van der Waals surface area (Å²) in [6, 6.07) is 14.9. The highest BCUT2D eigenvalue weighted by Gasteiger charge is 2.27. The zero-order chi connectivity index (χ0) is 21.3. The van der Waals surface area contributed by atoms with Crippen LogP contribution in [0.1, 0.15) is 39.6 Å². The van der Waals surface area contributed by atoms with Crippen LogP contribution in [-0.4, -0.2) is 20.4 Å². The Morgan fingerprint density at radius 3 is 1.97 bits per heavy atom. The van der Waals surface area contributed by atoms with Crippen LogP contribution in [0.5, 0.6) is 5.75 Å². The van der Waals surface area contributed by atoms with Crippen LogP contribution >= 0.6 is 11.6 Å². The molecule has 0 saturated carbocycles. The van der Waals surface area contributed by atoms with Gasteiger partial charge in [0.1, 0.15) is 12.4 Å². The van der Waals surface area contributed by atoms with Gasteiger partial charge in [-0.05, 0) is 49.2 Å². The Balaban J connectivity index is 1.67. The van der Waals surface area contributed by atoms with Gasteiger partial charge in [0.15, 0.2) is 0 Å². The van der Waals surface area contributed by atoms with Crippen molar-refractivity contribution in [2.75, 3.05) is 0 Å². The highest BCUT2D eigenvalue weighted by molar-refractivity contribution is 6.30. The van der Waals surface area contributed by atoms with Crippen LogP contribution in [0.4, 0.5) is 0 Å². The predicted octanol–water partition coefficient (Wildman–Crippen LogP) is 3.75. The SMILES string of the molecule is Cc1[nH][nH]c(=O)c1C(c1ccc(OCc2cccc(Cl)c2)cc1)c1c(C)[nH][nH]c1=O. The van der Waals surface area contributed by atoms with E-state index in [1.807, 2.05) is 48.5 Å². The monoisotopic (exact) mass is 424 g/mol. The summed E-state index contributed by atoms with van der Waals surface area (Å²) in [6.07, 6.45) is 0. The van der Waals surface area contributed by atoms with Gasteiger partial charge in [0, 0.05) is 22.3 Å². The Hall–Kier alpha value is -3.45. The molecule has 2 aromatic heterocycles. The van der Waals surface area contributed by atoms with E-state index in [9.17, 15) is 9.59 Å². The third-order valence-electron chi connectivity index (χ3n) is 5.11. The molecule has 30 heavy (non-hydrogen) atoms. The molecule has 0 aliphatic carbocycles. The summed E-state index contributed by atoms with van der Waals surface area (Å²) in [6.45, 7) is 3.99. The van der Waals surface area contributed by atoms with Crippen molar-refractivity contribution < 1.29 is 4.74 Å². The summed E-state index contributed by atoms with van der Waals surface area (Å²) in [5.74, 6) is 0.161. The molecule has 0 bridgehead atoms. The normalized spacial score (nSPS) is 11.2. The fourth-order valence-electron chi connectivity index (χ4n) is 3.63. The molecule has 0 atom stereocenters. The number of hydrogen-bond donors (Lipinski definition) is 4. The van der Waals surface area contributed by atoms with E-state index in [2.05, 4.69) is 20.4 Å². The fraction of sp³-hybridized carbons (Fsp3) is 0.182. The smallest absolute Gasteiger partial charge is 0.268 e. The Labute approximate surface area is 177 Å². The van der Waals surface area contributed by atoms with Crippen LogP contribution in [-0.2, 0) is 6.61 Å².